The molecule has 0 bridgehead atoms. The number of rotatable bonds is 2. The molecule has 1 aromatic heterocycles. The third-order valence-corrected chi connectivity index (χ3v) is 5.49. The molecule has 0 aliphatic carbocycles. The first-order valence-electron chi connectivity index (χ1n) is 9.69. The topological polar surface area (TPSA) is 16.1 Å². The van der Waals surface area contributed by atoms with Gasteiger partial charge >= 0.3 is 0 Å². The summed E-state index contributed by atoms with van der Waals surface area (Å²) in [6.45, 7) is 2.97. The van der Waals surface area contributed by atoms with E-state index in [1.807, 2.05) is 0 Å². The standard InChI is InChI=1S/C26H22N2/c1-18-17-24(20-11-7-4-8-12-20)22-13-14-23-21(19-9-5-3-6-10-19)15-16-28(2)26(23)25(22)27-18/h3-15,17H,16H2,1-2H3. The number of anilines is 1. The van der Waals surface area contributed by atoms with Gasteiger partial charge in [0.05, 0.1) is 11.2 Å². The van der Waals surface area contributed by atoms with E-state index < -0.39 is 0 Å². The maximum atomic E-state index is 4.98. The zero-order valence-corrected chi connectivity index (χ0v) is 16.2. The van der Waals surface area contributed by atoms with Crippen LogP contribution in [0.1, 0.15) is 16.8 Å². The van der Waals surface area contributed by atoms with Gasteiger partial charge in [0.1, 0.15) is 0 Å². The van der Waals surface area contributed by atoms with Gasteiger partial charge in [-0.15, -0.1) is 0 Å². The molecule has 0 fully saturated rings. The van der Waals surface area contributed by atoms with E-state index in [0.717, 1.165) is 17.8 Å². The van der Waals surface area contributed by atoms with Crippen molar-refractivity contribution in [3.8, 4) is 11.1 Å². The molecule has 1 aliphatic heterocycles. The van der Waals surface area contributed by atoms with Crippen molar-refractivity contribution in [3.63, 3.8) is 0 Å². The van der Waals surface area contributed by atoms with Gasteiger partial charge in [0, 0.05) is 30.2 Å². The predicted octanol–water partition coefficient (Wildman–Crippen LogP) is 6.09. The Kier molecular flexibility index (Phi) is 3.98. The number of aryl methyl sites for hydroxylation is 1. The Labute approximate surface area is 165 Å². The molecule has 5 rings (SSSR count). The van der Waals surface area contributed by atoms with Crippen LogP contribution in [0.4, 0.5) is 5.69 Å². The second-order valence-electron chi connectivity index (χ2n) is 7.40. The van der Waals surface area contributed by atoms with Crippen LogP contribution in [0.15, 0.2) is 84.9 Å². The number of pyridine rings is 1. The van der Waals surface area contributed by atoms with Crippen molar-refractivity contribution >= 4 is 22.2 Å². The molecule has 4 aromatic rings. The van der Waals surface area contributed by atoms with E-state index in [4.69, 9.17) is 4.98 Å². The Morgan fingerprint density at radius 2 is 1.46 bits per heavy atom. The highest BCUT2D eigenvalue weighted by molar-refractivity contribution is 6.06. The zero-order valence-electron chi connectivity index (χ0n) is 16.2. The van der Waals surface area contributed by atoms with E-state index in [1.54, 1.807) is 0 Å². The summed E-state index contributed by atoms with van der Waals surface area (Å²) in [5, 5.41) is 1.21. The van der Waals surface area contributed by atoms with Gasteiger partial charge in [-0.25, -0.2) is 0 Å². The first-order chi connectivity index (χ1) is 13.7. The number of fused-ring (bicyclic) bond motifs is 3. The molecule has 0 unspecified atom stereocenters. The largest absolute Gasteiger partial charge is 0.369 e. The van der Waals surface area contributed by atoms with Gasteiger partial charge in [0.25, 0.3) is 0 Å². The molecule has 0 saturated heterocycles. The van der Waals surface area contributed by atoms with Crippen LogP contribution in [0.5, 0.6) is 0 Å². The van der Waals surface area contributed by atoms with Crippen molar-refractivity contribution in [2.45, 2.75) is 6.92 Å². The maximum Gasteiger partial charge on any atom is 0.0951 e. The van der Waals surface area contributed by atoms with Crippen LogP contribution in [0, 0.1) is 6.92 Å². The molecule has 2 heteroatoms. The zero-order chi connectivity index (χ0) is 19.1. The van der Waals surface area contributed by atoms with Crippen LogP contribution < -0.4 is 4.90 Å². The van der Waals surface area contributed by atoms with Gasteiger partial charge in [-0.05, 0) is 35.3 Å². The van der Waals surface area contributed by atoms with E-state index in [1.165, 1.54) is 38.9 Å². The summed E-state index contributed by atoms with van der Waals surface area (Å²) in [4.78, 5) is 7.30. The Hall–Kier alpha value is -3.39. The summed E-state index contributed by atoms with van der Waals surface area (Å²) in [6.07, 6.45) is 2.32. The lowest BCUT2D eigenvalue weighted by molar-refractivity contribution is 1.02. The third kappa shape index (κ3) is 2.69. The number of hydrogen-bond donors (Lipinski definition) is 0. The van der Waals surface area contributed by atoms with Crippen molar-refractivity contribution in [2.24, 2.45) is 0 Å². The molecule has 28 heavy (non-hydrogen) atoms. The summed E-state index contributed by atoms with van der Waals surface area (Å²) in [5.74, 6) is 0. The lowest BCUT2D eigenvalue weighted by atomic mass is 9.90. The SMILES string of the molecule is Cc1cc(-c2ccccc2)c2ccc3c(c2n1)N(C)CC=C3c1ccccc1. The predicted molar refractivity (Wildman–Crippen MR) is 119 cm³/mol. The summed E-state index contributed by atoms with van der Waals surface area (Å²) >= 11 is 0. The molecule has 3 aromatic carbocycles. The van der Waals surface area contributed by atoms with Crippen molar-refractivity contribution in [2.75, 3.05) is 18.5 Å². The highest BCUT2D eigenvalue weighted by Crippen LogP contribution is 2.41. The molecule has 1 aliphatic rings. The summed E-state index contributed by atoms with van der Waals surface area (Å²) in [7, 11) is 2.16. The molecule has 0 N–H and O–H groups in total. The fourth-order valence-electron chi connectivity index (χ4n) is 4.19. The van der Waals surface area contributed by atoms with Crippen molar-refractivity contribution < 1.29 is 0 Å². The Morgan fingerprint density at radius 1 is 0.786 bits per heavy atom. The number of aromatic nitrogens is 1. The number of hydrogen-bond acceptors (Lipinski definition) is 2. The molecular formula is C26H22N2. The maximum absolute atomic E-state index is 4.98. The molecule has 0 saturated carbocycles. The van der Waals surface area contributed by atoms with Gasteiger partial charge in [-0.2, -0.15) is 0 Å². The molecule has 136 valence electrons. The second kappa shape index (κ2) is 6.65. The number of likely N-dealkylation sites (N-methyl/N-ethyl adjacent to an activating group) is 1. The van der Waals surface area contributed by atoms with Crippen molar-refractivity contribution in [1.29, 1.82) is 0 Å². The fourth-order valence-corrected chi connectivity index (χ4v) is 4.19. The van der Waals surface area contributed by atoms with E-state index in [-0.39, 0.29) is 0 Å². The Bertz CT molecular complexity index is 1190. The van der Waals surface area contributed by atoms with E-state index in [0.29, 0.717) is 0 Å². The molecule has 2 heterocycles. The second-order valence-corrected chi connectivity index (χ2v) is 7.40. The molecular weight excluding hydrogens is 340 g/mol. The average Bonchev–Trinajstić information content (AvgIpc) is 2.74. The molecule has 0 radical (unpaired) electrons. The van der Waals surface area contributed by atoms with Crippen molar-refractivity contribution in [3.05, 3.63) is 102 Å². The van der Waals surface area contributed by atoms with Crippen LogP contribution in [-0.2, 0) is 0 Å². The quantitative estimate of drug-likeness (QED) is 0.429. The highest BCUT2D eigenvalue weighted by atomic mass is 15.1. The minimum atomic E-state index is 0.882. The normalized spacial score (nSPS) is 13.4. The lowest BCUT2D eigenvalue weighted by Gasteiger charge is -2.29. The smallest absolute Gasteiger partial charge is 0.0951 e. The average molecular weight is 362 g/mol. The van der Waals surface area contributed by atoms with Crippen LogP contribution >= 0.6 is 0 Å². The Morgan fingerprint density at radius 3 is 2.18 bits per heavy atom. The minimum absolute atomic E-state index is 0.882. The van der Waals surface area contributed by atoms with Gasteiger partial charge in [-0.1, -0.05) is 78.9 Å². The molecule has 0 atom stereocenters. The summed E-state index contributed by atoms with van der Waals surface area (Å²) in [6, 6.07) is 27.9. The number of nitrogens with zero attached hydrogens (tertiary/aromatic N) is 2. The van der Waals surface area contributed by atoms with Crippen LogP contribution in [0.2, 0.25) is 0 Å². The molecule has 2 nitrogen and oxygen atoms in total. The highest BCUT2D eigenvalue weighted by Gasteiger charge is 2.22. The lowest BCUT2D eigenvalue weighted by Crippen LogP contribution is -2.23. The van der Waals surface area contributed by atoms with E-state index in [2.05, 4.69) is 104 Å². The number of benzene rings is 3. The Balaban J connectivity index is 1.79. The van der Waals surface area contributed by atoms with Gasteiger partial charge in [-0.3, -0.25) is 4.98 Å². The molecule has 0 spiro atoms. The third-order valence-electron chi connectivity index (χ3n) is 5.49. The van der Waals surface area contributed by atoms with Crippen LogP contribution in [0.25, 0.3) is 27.6 Å². The van der Waals surface area contributed by atoms with E-state index in [9.17, 15) is 0 Å². The van der Waals surface area contributed by atoms with Crippen LogP contribution in [0.3, 0.4) is 0 Å². The summed E-state index contributed by atoms with van der Waals surface area (Å²) in [5.41, 5.74) is 9.63. The van der Waals surface area contributed by atoms with Crippen molar-refractivity contribution in [1.82, 2.24) is 4.98 Å². The first-order valence-corrected chi connectivity index (χ1v) is 9.69. The van der Waals surface area contributed by atoms with Gasteiger partial charge < -0.3 is 4.90 Å². The van der Waals surface area contributed by atoms with Gasteiger partial charge in [0.15, 0.2) is 0 Å². The monoisotopic (exact) mass is 362 g/mol. The molecule has 0 amide bonds. The fraction of sp³-hybridized carbons (Fsp3) is 0.115. The summed E-state index contributed by atoms with van der Waals surface area (Å²) < 4.78 is 0. The van der Waals surface area contributed by atoms with E-state index >= 15 is 0 Å². The van der Waals surface area contributed by atoms with Gasteiger partial charge in [0.2, 0.25) is 0 Å². The van der Waals surface area contributed by atoms with Crippen LogP contribution in [-0.4, -0.2) is 18.6 Å². The minimum Gasteiger partial charge on any atom is -0.369 e. The first kappa shape index (κ1) is 16.8.